The molecule has 0 aliphatic carbocycles. The lowest BCUT2D eigenvalue weighted by Gasteiger charge is -2.19. The smallest absolute Gasteiger partial charge is 0.168 e. The highest BCUT2D eigenvalue weighted by Gasteiger charge is 2.17. The molecular formula is C16H16BrClFNO. The third-order valence-corrected chi connectivity index (χ3v) is 4.19. The van der Waals surface area contributed by atoms with Gasteiger partial charge in [-0.05, 0) is 42.8 Å². The molecule has 0 aromatic heterocycles. The van der Waals surface area contributed by atoms with Gasteiger partial charge in [-0.3, -0.25) is 0 Å². The minimum Gasteiger partial charge on any atom is -0.494 e. The molecule has 112 valence electrons. The number of benzene rings is 2. The van der Waals surface area contributed by atoms with Gasteiger partial charge in [0.25, 0.3) is 0 Å². The van der Waals surface area contributed by atoms with E-state index in [9.17, 15) is 4.39 Å². The summed E-state index contributed by atoms with van der Waals surface area (Å²) < 4.78 is 20.2. The second-order valence-corrected chi connectivity index (χ2v) is 5.97. The second-order valence-electron chi connectivity index (χ2n) is 4.64. The summed E-state index contributed by atoms with van der Waals surface area (Å²) in [5.74, 6) is -0.0715. The molecule has 0 heterocycles. The van der Waals surface area contributed by atoms with Gasteiger partial charge in [-0.15, -0.1) is 0 Å². The minimum absolute atomic E-state index is 0.0767. The average molecular weight is 373 g/mol. The van der Waals surface area contributed by atoms with Gasteiger partial charge in [0, 0.05) is 15.5 Å². The Kier molecular flexibility index (Phi) is 5.62. The van der Waals surface area contributed by atoms with Crippen molar-refractivity contribution >= 4 is 27.5 Å². The Morgan fingerprint density at radius 1 is 1.33 bits per heavy atom. The van der Waals surface area contributed by atoms with Crippen LogP contribution in [0.4, 0.5) is 4.39 Å². The van der Waals surface area contributed by atoms with E-state index >= 15 is 0 Å². The Balaban J connectivity index is 2.31. The van der Waals surface area contributed by atoms with E-state index < -0.39 is 0 Å². The van der Waals surface area contributed by atoms with E-state index in [0.717, 1.165) is 10.0 Å². The number of ether oxygens (including phenoxy) is 1. The van der Waals surface area contributed by atoms with Gasteiger partial charge in [0.2, 0.25) is 0 Å². The first-order valence-electron chi connectivity index (χ1n) is 6.50. The molecular weight excluding hydrogens is 357 g/mol. The molecule has 0 bridgehead atoms. The van der Waals surface area contributed by atoms with Crippen molar-refractivity contribution < 1.29 is 9.13 Å². The zero-order valence-electron chi connectivity index (χ0n) is 11.8. The van der Waals surface area contributed by atoms with Crippen LogP contribution in [0.25, 0.3) is 0 Å². The normalized spacial score (nSPS) is 12.2. The van der Waals surface area contributed by atoms with E-state index in [2.05, 4.69) is 21.2 Å². The Hall–Kier alpha value is -1.10. The number of hydrogen-bond donors (Lipinski definition) is 1. The third-order valence-electron chi connectivity index (χ3n) is 3.37. The van der Waals surface area contributed by atoms with Crippen LogP contribution in [-0.2, 0) is 6.42 Å². The van der Waals surface area contributed by atoms with Crippen LogP contribution in [0.2, 0.25) is 5.02 Å². The molecule has 0 saturated heterocycles. The molecule has 0 saturated carbocycles. The van der Waals surface area contributed by atoms with E-state index in [1.165, 1.54) is 7.11 Å². The minimum atomic E-state index is -0.325. The lowest BCUT2D eigenvalue weighted by Crippen LogP contribution is -2.20. The summed E-state index contributed by atoms with van der Waals surface area (Å²) in [6, 6.07) is 10.8. The fraction of sp³-hybridized carbons (Fsp3) is 0.250. The van der Waals surface area contributed by atoms with Crippen molar-refractivity contribution in [1.82, 2.24) is 5.32 Å². The van der Waals surface area contributed by atoms with E-state index in [-0.39, 0.29) is 17.6 Å². The summed E-state index contributed by atoms with van der Waals surface area (Å²) in [6.45, 7) is 0. The van der Waals surface area contributed by atoms with Crippen molar-refractivity contribution in [2.75, 3.05) is 14.2 Å². The molecule has 1 unspecified atom stereocenters. The SMILES string of the molecule is CNC(Cc1cccc(OC)c1F)c1ccc(Br)cc1Cl. The van der Waals surface area contributed by atoms with Crippen molar-refractivity contribution in [2.45, 2.75) is 12.5 Å². The summed E-state index contributed by atoms with van der Waals surface area (Å²) in [4.78, 5) is 0. The first-order valence-corrected chi connectivity index (χ1v) is 7.67. The van der Waals surface area contributed by atoms with Crippen LogP contribution in [0, 0.1) is 5.82 Å². The Labute approximate surface area is 137 Å². The van der Waals surface area contributed by atoms with E-state index in [1.54, 1.807) is 18.2 Å². The predicted octanol–water partition coefficient (Wildman–Crippen LogP) is 4.75. The molecule has 1 atom stereocenters. The van der Waals surface area contributed by atoms with Crippen molar-refractivity contribution in [2.24, 2.45) is 0 Å². The lowest BCUT2D eigenvalue weighted by atomic mass is 9.98. The van der Waals surface area contributed by atoms with Gasteiger partial charge >= 0.3 is 0 Å². The summed E-state index contributed by atoms with van der Waals surface area (Å²) in [5.41, 5.74) is 1.53. The molecule has 2 nitrogen and oxygen atoms in total. The van der Waals surface area contributed by atoms with Crippen LogP contribution in [0.1, 0.15) is 17.2 Å². The number of rotatable bonds is 5. The second kappa shape index (κ2) is 7.25. The monoisotopic (exact) mass is 371 g/mol. The molecule has 1 N–H and O–H groups in total. The lowest BCUT2D eigenvalue weighted by molar-refractivity contribution is 0.383. The highest BCUT2D eigenvalue weighted by molar-refractivity contribution is 9.10. The van der Waals surface area contributed by atoms with Gasteiger partial charge in [-0.2, -0.15) is 0 Å². The molecule has 0 fully saturated rings. The molecule has 5 heteroatoms. The van der Waals surface area contributed by atoms with Gasteiger partial charge in [0.1, 0.15) is 0 Å². The zero-order chi connectivity index (χ0) is 15.4. The third kappa shape index (κ3) is 3.76. The van der Waals surface area contributed by atoms with E-state index in [1.807, 2.05) is 25.2 Å². The fourth-order valence-electron chi connectivity index (χ4n) is 2.24. The van der Waals surface area contributed by atoms with Gasteiger partial charge < -0.3 is 10.1 Å². The highest BCUT2D eigenvalue weighted by Crippen LogP contribution is 2.30. The molecule has 0 amide bonds. The fourth-order valence-corrected chi connectivity index (χ4v) is 3.05. The number of likely N-dealkylation sites (N-methyl/N-ethyl adjacent to an activating group) is 1. The van der Waals surface area contributed by atoms with Crippen molar-refractivity contribution in [3.05, 3.63) is 62.8 Å². The molecule has 0 radical (unpaired) electrons. The highest BCUT2D eigenvalue weighted by atomic mass is 79.9. The first-order chi connectivity index (χ1) is 10.1. The van der Waals surface area contributed by atoms with Crippen molar-refractivity contribution in [3.8, 4) is 5.75 Å². The molecule has 2 rings (SSSR count). The number of hydrogen-bond acceptors (Lipinski definition) is 2. The summed E-state index contributed by atoms with van der Waals surface area (Å²) in [5, 5.41) is 3.83. The van der Waals surface area contributed by atoms with E-state index in [4.69, 9.17) is 16.3 Å². The standard InChI is InChI=1S/C16H16BrClFNO/c1-20-14(12-7-6-11(17)9-13(12)18)8-10-4-3-5-15(21-2)16(10)19/h3-7,9,14,20H,8H2,1-2H3. The summed E-state index contributed by atoms with van der Waals surface area (Å²) in [6.07, 6.45) is 0.487. The Morgan fingerprint density at radius 3 is 2.71 bits per heavy atom. The zero-order valence-corrected chi connectivity index (χ0v) is 14.1. The molecule has 2 aromatic carbocycles. The van der Waals surface area contributed by atoms with Gasteiger partial charge in [-0.1, -0.05) is 45.7 Å². The maximum Gasteiger partial charge on any atom is 0.168 e. The average Bonchev–Trinajstić information content (AvgIpc) is 2.47. The topological polar surface area (TPSA) is 21.3 Å². The van der Waals surface area contributed by atoms with Crippen LogP contribution in [0.5, 0.6) is 5.75 Å². The molecule has 0 aliphatic rings. The van der Waals surface area contributed by atoms with Gasteiger partial charge in [-0.25, -0.2) is 4.39 Å². The molecule has 21 heavy (non-hydrogen) atoms. The largest absolute Gasteiger partial charge is 0.494 e. The van der Waals surface area contributed by atoms with Gasteiger partial charge in [0.05, 0.1) is 7.11 Å². The Bertz CT molecular complexity index is 636. The number of nitrogens with one attached hydrogen (secondary N) is 1. The van der Waals surface area contributed by atoms with Crippen molar-refractivity contribution in [3.63, 3.8) is 0 Å². The predicted molar refractivity (Wildman–Crippen MR) is 87.6 cm³/mol. The van der Waals surface area contributed by atoms with Crippen molar-refractivity contribution in [1.29, 1.82) is 0 Å². The molecule has 0 spiro atoms. The van der Waals surface area contributed by atoms with Crippen LogP contribution in [0.15, 0.2) is 40.9 Å². The maximum atomic E-state index is 14.3. The summed E-state index contributed by atoms with van der Waals surface area (Å²) >= 11 is 9.66. The Morgan fingerprint density at radius 2 is 2.10 bits per heavy atom. The van der Waals surface area contributed by atoms with Gasteiger partial charge in [0.15, 0.2) is 11.6 Å². The quantitative estimate of drug-likeness (QED) is 0.817. The van der Waals surface area contributed by atoms with E-state index in [0.29, 0.717) is 17.0 Å². The van der Waals surface area contributed by atoms with Crippen LogP contribution < -0.4 is 10.1 Å². The first kappa shape index (κ1) is 16.3. The summed E-state index contributed by atoms with van der Waals surface area (Å²) in [7, 11) is 3.30. The maximum absolute atomic E-state index is 14.3. The number of methoxy groups -OCH3 is 1. The van der Waals surface area contributed by atoms with Crippen LogP contribution in [0.3, 0.4) is 0 Å². The van der Waals surface area contributed by atoms with Crippen LogP contribution in [-0.4, -0.2) is 14.2 Å². The molecule has 2 aromatic rings. The van der Waals surface area contributed by atoms with Crippen LogP contribution >= 0.6 is 27.5 Å². The number of halogens is 3. The molecule has 0 aliphatic heterocycles.